The second kappa shape index (κ2) is 4.84. The lowest BCUT2D eigenvalue weighted by atomic mass is 10.1. The first-order valence-corrected chi connectivity index (χ1v) is 6.44. The lowest BCUT2D eigenvalue weighted by Gasteiger charge is -2.03. The third-order valence-corrected chi connectivity index (χ3v) is 3.58. The lowest BCUT2D eigenvalue weighted by molar-refractivity contribution is -0.539. The molecule has 0 atom stereocenters. The van der Waals surface area contributed by atoms with Gasteiger partial charge in [-0.05, 0) is 23.8 Å². The van der Waals surface area contributed by atoms with Crippen LogP contribution in [0.4, 0.5) is 4.39 Å². The molecule has 0 saturated heterocycles. The summed E-state index contributed by atoms with van der Waals surface area (Å²) in [5.74, 6) is 0.654. The summed E-state index contributed by atoms with van der Waals surface area (Å²) in [5.41, 5.74) is 9.71. The molecule has 19 heavy (non-hydrogen) atoms. The molecule has 1 heterocycles. The van der Waals surface area contributed by atoms with Crippen LogP contribution in [0.25, 0.3) is 0 Å². The molecule has 1 aliphatic rings. The van der Waals surface area contributed by atoms with Crippen LogP contribution < -0.4 is 5.73 Å². The maximum Gasteiger partial charge on any atom is 0.275 e. The molecule has 2 aromatic carbocycles. The Morgan fingerprint density at radius 3 is 2.53 bits per heavy atom. The number of nitrogens with two attached hydrogens (primary N) is 1. The van der Waals surface area contributed by atoms with Crippen LogP contribution in [0, 0.1) is 5.82 Å². The summed E-state index contributed by atoms with van der Waals surface area (Å²) >= 11 is 0. The third kappa shape index (κ3) is 2.36. The summed E-state index contributed by atoms with van der Waals surface area (Å²) in [5, 5.41) is 0. The van der Waals surface area contributed by atoms with E-state index < -0.39 is 0 Å². The average Bonchev–Trinajstić information content (AvgIpc) is 2.76. The van der Waals surface area contributed by atoms with Gasteiger partial charge in [0.15, 0.2) is 0 Å². The Bertz CT molecular complexity index is 629. The third-order valence-electron chi connectivity index (χ3n) is 3.58. The van der Waals surface area contributed by atoms with E-state index in [9.17, 15) is 4.39 Å². The van der Waals surface area contributed by atoms with Crippen molar-refractivity contribution in [2.75, 3.05) is 6.54 Å². The number of amidine groups is 1. The molecule has 0 unspecified atom stereocenters. The van der Waals surface area contributed by atoms with E-state index in [1.807, 2.05) is 24.3 Å². The predicted molar refractivity (Wildman–Crippen MR) is 73.7 cm³/mol. The molecule has 3 rings (SSSR count). The summed E-state index contributed by atoms with van der Waals surface area (Å²) in [6, 6.07) is 14.9. The zero-order valence-corrected chi connectivity index (χ0v) is 10.6. The maximum atomic E-state index is 12.8. The molecule has 0 spiro atoms. The fraction of sp³-hybridized carbons (Fsp3) is 0.188. The second-order valence-corrected chi connectivity index (χ2v) is 4.84. The first kappa shape index (κ1) is 11.9. The van der Waals surface area contributed by atoms with Crippen LogP contribution in [-0.2, 0) is 13.0 Å². The molecular weight excluding hydrogens is 239 g/mol. The Balaban J connectivity index is 1.72. The first-order chi connectivity index (χ1) is 9.24. The van der Waals surface area contributed by atoms with Gasteiger partial charge in [-0.1, -0.05) is 30.3 Å². The van der Waals surface area contributed by atoms with Crippen molar-refractivity contribution in [2.45, 2.75) is 13.0 Å². The smallest absolute Gasteiger partial charge is 0.275 e. The van der Waals surface area contributed by atoms with E-state index in [2.05, 4.69) is 16.7 Å². The number of hydrogen-bond acceptors (Lipinski definition) is 1. The zero-order chi connectivity index (χ0) is 13.2. The molecule has 2 nitrogen and oxygen atoms in total. The molecule has 0 fully saturated rings. The molecule has 0 amide bonds. The largest absolute Gasteiger partial charge is 0.287 e. The average molecular weight is 255 g/mol. The number of halogens is 1. The van der Waals surface area contributed by atoms with Crippen LogP contribution in [0.1, 0.15) is 16.7 Å². The van der Waals surface area contributed by atoms with Crippen molar-refractivity contribution in [3.8, 4) is 0 Å². The minimum absolute atomic E-state index is 0.191. The molecular formula is C16H16FN2+. The van der Waals surface area contributed by atoms with Gasteiger partial charge in [0, 0.05) is 12.0 Å². The standard InChI is InChI=1S/C16H15FN2/c17-14-7-5-12(6-8-14)9-10-19-11-13-3-1-2-4-15(13)16(19)18/h1-8,18H,9-11H2/p+1. The Hall–Kier alpha value is -2.16. The van der Waals surface area contributed by atoms with Gasteiger partial charge < -0.3 is 0 Å². The fourth-order valence-electron chi connectivity index (χ4n) is 2.48. The molecule has 96 valence electrons. The van der Waals surface area contributed by atoms with Gasteiger partial charge in [-0.2, -0.15) is 0 Å². The summed E-state index contributed by atoms with van der Waals surface area (Å²) in [6.07, 6.45) is 0.870. The zero-order valence-electron chi connectivity index (χ0n) is 10.6. The molecule has 0 aromatic heterocycles. The molecule has 1 aliphatic heterocycles. The highest BCUT2D eigenvalue weighted by atomic mass is 19.1. The van der Waals surface area contributed by atoms with E-state index >= 15 is 0 Å². The van der Waals surface area contributed by atoms with Gasteiger partial charge in [0.25, 0.3) is 5.84 Å². The number of hydrogen-bond donors (Lipinski definition) is 1. The van der Waals surface area contributed by atoms with E-state index in [0.29, 0.717) is 0 Å². The van der Waals surface area contributed by atoms with Crippen molar-refractivity contribution in [3.05, 3.63) is 71.0 Å². The van der Waals surface area contributed by atoms with Crippen molar-refractivity contribution in [3.63, 3.8) is 0 Å². The molecule has 0 radical (unpaired) electrons. The van der Waals surface area contributed by atoms with Crippen LogP contribution >= 0.6 is 0 Å². The van der Waals surface area contributed by atoms with E-state index in [-0.39, 0.29) is 5.82 Å². The Morgan fingerprint density at radius 1 is 1.05 bits per heavy atom. The predicted octanol–water partition coefficient (Wildman–Crippen LogP) is 2.30. The highest BCUT2D eigenvalue weighted by Crippen LogP contribution is 2.16. The van der Waals surface area contributed by atoms with Gasteiger partial charge in [0.1, 0.15) is 12.4 Å². The van der Waals surface area contributed by atoms with Crippen molar-refractivity contribution in [1.29, 1.82) is 0 Å². The van der Waals surface area contributed by atoms with Gasteiger partial charge in [-0.15, -0.1) is 0 Å². The number of fused-ring (bicyclic) bond motifs is 1. The fourth-order valence-corrected chi connectivity index (χ4v) is 2.48. The van der Waals surface area contributed by atoms with Crippen molar-refractivity contribution >= 4 is 5.84 Å². The summed E-state index contributed by atoms with van der Waals surface area (Å²) in [4.78, 5) is 0. The molecule has 0 bridgehead atoms. The lowest BCUT2D eigenvalue weighted by Crippen LogP contribution is -2.25. The summed E-state index contributed by atoms with van der Waals surface area (Å²) < 4.78 is 15.0. The van der Waals surface area contributed by atoms with Crippen molar-refractivity contribution < 1.29 is 8.97 Å². The van der Waals surface area contributed by atoms with Crippen LogP contribution in [0.3, 0.4) is 0 Å². The van der Waals surface area contributed by atoms with Crippen LogP contribution in [0.5, 0.6) is 0 Å². The normalized spacial score (nSPS) is 13.7. The SMILES string of the molecule is NC1=[N+](CCc2ccc(F)cc2)Cc2ccccc21. The monoisotopic (exact) mass is 255 g/mol. The van der Waals surface area contributed by atoms with E-state index in [4.69, 9.17) is 5.73 Å². The molecule has 3 heteroatoms. The summed E-state index contributed by atoms with van der Waals surface area (Å²) in [7, 11) is 0. The minimum atomic E-state index is -0.191. The molecule has 2 N–H and O–H groups in total. The van der Waals surface area contributed by atoms with Gasteiger partial charge in [-0.25, -0.2) is 4.39 Å². The highest BCUT2D eigenvalue weighted by Gasteiger charge is 2.23. The molecule has 0 aliphatic carbocycles. The first-order valence-electron chi connectivity index (χ1n) is 6.44. The number of nitrogens with zero attached hydrogens (tertiary/aromatic N) is 1. The van der Waals surface area contributed by atoms with Crippen molar-refractivity contribution in [1.82, 2.24) is 0 Å². The topological polar surface area (TPSA) is 29.0 Å². The molecule has 2 aromatic rings. The van der Waals surface area contributed by atoms with E-state index in [1.54, 1.807) is 0 Å². The highest BCUT2D eigenvalue weighted by molar-refractivity contribution is 5.96. The van der Waals surface area contributed by atoms with E-state index in [1.165, 1.54) is 17.7 Å². The van der Waals surface area contributed by atoms with Crippen LogP contribution in [0.15, 0.2) is 48.5 Å². The van der Waals surface area contributed by atoms with Crippen LogP contribution in [0.2, 0.25) is 0 Å². The Labute approximate surface area is 112 Å². The molecule has 0 saturated carbocycles. The quantitative estimate of drug-likeness (QED) is 0.838. The van der Waals surface area contributed by atoms with Gasteiger partial charge >= 0.3 is 0 Å². The van der Waals surface area contributed by atoms with Gasteiger partial charge in [0.2, 0.25) is 0 Å². The number of rotatable bonds is 3. The summed E-state index contributed by atoms with van der Waals surface area (Å²) in [6.45, 7) is 1.72. The van der Waals surface area contributed by atoms with E-state index in [0.717, 1.165) is 36.5 Å². The van der Waals surface area contributed by atoms with Crippen molar-refractivity contribution in [2.24, 2.45) is 5.73 Å². The Kier molecular flexibility index (Phi) is 3.03. The van der Waals surface area contributed by atoms with Crippen LogP contribution in [-0.4, -0.2) is 17.0 Å². The Morgan fingerprint density at radius 2 is 1.79 bits per heavy atom. The number of benzene rings is 2. The maximum absolute atomic E-state index is 12.8. The minimum Gasteiger partial charge on any atom is -0.287 e. The van der Waals surface area contributed by atoms with Gasteiger partial charge in [-0.3, -0.25) is 10.3 Å². The second-order valence-electron chi connectivity index (χ2n) is 4.84. The van der Waals surface area contributed by atoms with Gasteiger partial charge in [0.05, 0.1) is 12.1 Å².